The van der Waals surface area contributed by atoms with Crippen LogP contribution < -0.4 is 11.1 Å². The lowest BCUT2D eigenvalue weighted by Gasteiger charge is -2.24. The molecule has 3 N–H and O–H groups in total. The molecule has 0 heterocycles. The van der Waals surface area contributed by atoms with Crippen LogP contribution in [0.1, 0.15) is 56.3 Å². The number of anilines is 2. The molecular weight excluding hydrogens is 236 g/mol. The molecule has 2 rings (SSSR count). The predicted octanol–water partition coefficient (Wildman–Crippen LogP) is 3.85. The van der Waals surface area contributed by atoms with Crippen LogP contribution in [-0.2, 0) is 0 Å². The molecule has 1 aromatic carbocycles. The molecule has 1 fully saturated rings. The molecule has 0 aromatic heterocycles. The van der Waals surface area contributed by atoms with Gasteiger partial charge in [0.25, 0.3) is 0 Å². The van der Waals surface area contributed by atoms with Crippen molar-refractivity contribution in [3.8, 4) is 0 Å². The number of ketones is 1. The third kappa shape index (κ3) is 3.49. The van der Waals surface area contributed by atoms with Crippen LogP contribution in [0.15, 0.2) is 18.2 Å². The Kier molecular flexibility index (Phi) is 4.46. The molecule has 1 aliphatic carbocycles. The Labute approximate surface area is 115 Å². The normalized spacial score (nSPS) is 23.7. The summed E-state index contributed by atoms with van der Waals surface area (Å²) >= 11 is 0. The Hall–Kier alpha value is -1.51. The van der Waals surface area contributed by atoms with Crippen molar-refractivity contribution in [2.45, 2.75) is 52.0 Å². The maximum atomic E-state index is 11.5. The molecule has 2 atom stereocenters. The molecule has 104 valence electrons. The Morgan fingerprint density at radius 2 is 2.00 bits per heavy atom. The van der Waals surface area contributed by atoms with Gasteiger partial charge in [-0.15, -0.1) is 0 Å². The standard InChI is InChI=1S/C16H24N2O/c1-11-6-4-3-5-7-16(11)18-13-8-9-15(17)14(10-13)12(2)19/h8-11,16,18H,3-7,17H2,1-2H3. The summed E-state index contributed by atoms with van der Waals surface area (Å²) in [6, 6.07) is 6.18. The summed E-state index contributed by atoms with van der Waals surface area (Å²) in [5.74, 6) is 0.705. The highest BCUT2D eigenvalue weighted by molar-refractivity contribution is 6.00. The van der Waals surface area contributed by atoms with Crippen molar-refractivity contribution in [3.05, 3.63) is 23.8 Å². The molecule has 0 bridgehead atoms. The fourth-order valence-electron chi connectivity index (χ4n) is 2.87. The predicted molar refractivity (Wildman–Crippen MR) is 80.5 cm³/mol. The van der Waals surface area contributed by atoms with Crippen LogP contribution in [-0.4, -0.2) is 11.8 Å². The van der Waals surface area contributed by atoms with Crippen LogP contribution in [0, 0.1) is 5.92 Å². The molecule has 0 amide bonds. The molecule has 1 aliphatic rings. The number of rotatable bonds is 3. The summed E-state index contributed by atoms with van der Waals surface area (Å²) in [5, 5.41) is 3.59. The zero-order valence-electron chi connectivity index (χ0n) is 11.9. The lowest BCUT2D eigenvalue weighted by Crippen LogP contribution is -2.26. The maximum absolute atomic E-state index is 11.5. The zero-order valence-corrected chi connectivity index (χ0v) is 11.9. The second kappa shape index (κ2) is 6.09. The minimum atomic E-state index is 0.0232. The number of carbonyl (C=O) groups is 1. The first-order valence-corrected chi connectivity index (χ1v) is 7.25. The van der Waals surface area contributed by atoms with Gasteiger partial charge >= 0.3 is 0 Å². The second-order valence-corrected chi connectivity index (χ2v) is 5.72. The Morgan fingerprint density at radius 1 is 1.26 bits per heavy atom. The Morgan fingerprint density at radius 3 is 2.74 bits per heavy atom. The van der Waals surface area contributed by atoms with Gasteiger partial charge in [0.05, 0.1) is 0 Å². The molecule has 19 heavy (non-hydrogen) atoms. The second-order valence-electron chi connectivity index (χ2n) is 5.72. The summed E-state index contributed by atoms with van der Waals surface area (Å²) in [7, 11) is 0. The molecular formula is C16H24N2O. The molecule has 2 unspecified atom stereocenters. The first-order valence-electron chi connectivity index (χ1n) is 7.25. The van der Waals surface area contributed by atoms with E-state index in [-0.39, 0.29) is 5.78 Å². The highest BCUT2D eigenvalue weighted by atomic mass is 16.1. The monoisotopic (exact) mass is 260 g/mol. The van der Waals surface area contributed by atoms with Gasteiger partial charge in [-0.25, -0.2) is 0 Å². The van der Waals surface area contributed by atoms with Crippen LogP contribution in [0.5, 0.6) is 0 Å². The largest absolute Gasteiger partial charge is 0.398 e. The topological polar surface area (TPSA) is 55.1 Å². The third-order valence-corrected chi connectivity index (χ3v) is 4.15. The van der Waals surface area contributed by atoms with E-state index in [2.05, 4.69) is 12.2 Å². The molecule has 0 spiro atoms. The summed E-state index contributed by atoms with van der Waals surface area (Å²) in [4.78, 5) is 11.5. The third-order valence-electron chi connectivity index (χ3n) is 4.15. The first kappa shape index (κ1) is 13.9. The molecule has 0 radical (unpaired) electrons. The van der Waals surface area contributed by atoms with Gasteiger partial charge in [0.2, 0.25) is 0 Å². The molecule has 1 saturated carbocycles. The van der Waals surface area contributed by atoms with Gasteiger partial charge in [-0.05, 0) is 43.9 Å². The number of carbonyl (C=O) groups excluding carboxylic acids is 1. The smallest absolute Gasteiger partial charge is 0.161 e. The minimum Gasteiger partial charge on any atom is -0.398 e. The number of nitrogens with two attached hydrogens (primary N) is 1. The van der Waals surface area contributed by atoms with Gasteiger partial charge in [0.15, 0.2) is 5.78 Å². The van der Waals surface area contributed by atoms with Crippen LogP contribution >= 0.6 is 0 Å². The molecule has 0 aliphatic heterocycles. The van der Waals surface area contributed by atoms with Crippen molar-refractivity contribution in [1.82, 2.24) is 0 Å². The Balaban J connectivity index is 2.13. The van der Waals surface area contributed by atoms with E-state index in [1.807, 2.05) is 18.2 Å². The number of nitrogen functional groups attached to an aromatic ring is 1. The van der Waals surface area contributed by atoms with Crippen molar-refractivity contribution in [1.29, 1.82) is 0 Å². The summed E-state index contributed by atoms with van der Waals surface area (Å²) in [5.41, 5.74) is 8.02. The van der Waals surface area contributed by atoms with E-state index in [0.29, 0.717) is 23.2 Å². The lowest BCUT2D eigenvalue weighted by molar-refractivity contribution is 0.101. The van der Waals surface area contributed by atoms with Gasteiger partial charge in [-0.2, -0.15) is 0 Å². The number of Topliss-reactive ketones (excluding diaryl/α,β-unsaturated/α-hetero) is 1. The molecule has 1 aromatic rings. The van der Waals surface area contributed by atoms with Gasteiger partial charge in [-0.1, -0.05) is 26.2 Å². The van der Waals surface area contributed by atoms with Crippen LogP contribution in [0.2, 0.25) is 0 Å². The quantitative estimate of drug-likeness (QED) is 0.493. The highest BCUT2D eigenvalue weighted by Gasteiger charge is 2.20. The fraction of sp³-hybridized carbons (Fsp3) is 0.562. The van der Waals surface area contributed by atoms with E-state index >= 15 is 0 Å². The Bertz CT molecular complexity index is 456. The summed E-state index contributed by atoms with van der Waals surface area (Å²) < 4.78 is 0. The lowest BCUT2D eigenvalue weighted by atomic mass is 9.96. The van der Waals surface area contributed by atoms with E-state index in [1.165, 1.54) is 32.1 Å². The van der Waals surface area contributed by atoms with Crippen molar-refractivity contribution < 1.29 is 4.79 Å². The van der Waals surface area contributed by atoms with Gasteiger partial charge in [0.1, 0.15) is 0 Å². The number of benzene rings is 1. The van der Waals surface area contributed by atoms with Crippen molar-refractivity contribution in [2.24, 2.45) is 5.92 Å². The van der Waals surface area contributed by atoms with E-state index in [9.17, 15) is 4.79 Å². The van der Waals surface area contributed by atoms with Crippen LogP contribution in [0.4, 0.5) is 11.4 Å². The number of nitrogens with one attached hydrogen (secondary N) is 1. The van der Waals surface area contributed by atoms with E-state index in [1.54, 1.807) is 6.92 Å². The maximum Gasteiger partial charge on any atom is 0.161 e. The first-order chi connectivity index (χ1) is 9.08. The number of hydrogen-bond donors (Lipinski definition) is 2. The van der Waals surface area contributed by atoms with Gasteiger partial charge < -0.3 is 11.1 Å². The zero-order chi connectivity index (χ0) is 13.8. The van der Waals surface area contributed by atoms with Gasteiger partial charge in [0, 0.05) is 23.0 Å². The average Bonchev–Trinajstić information content (AvgIpc) is 2.57. The van der Waals surface area contributed by atoms with E-state index in [0.717, 1.165) is 5.69 Å². The van der Waals surface area contributed by atoms with E-state index < -0.39 is 0 Å². The van der Waals surface area contributed by atoms with Crippen molar-refractivity contribution in [3.63, 3.8) is 0 Å². The SMILES string of the molecule is CC(=O)c1cc(NC2CCCCCC2C)ccc1N. The summed E-state index contributed by atoms with van der Waals surface area (Å²) in [6.45, 7) is 3.87. The number of hydrogen-bond acceptors (Lipinski definition) is 3. The highest BCUT2D eigenvalue weighted by Crippen LogP contribution is 2.27. The van der Waals surface area contributed by atoms with E-state index in [4.69, 9.17) is 5.73 Å². The van der Waals surface area contributed by atoms with Crippen molar-refractivity contribution in [2.75, 3.05) is 11.1 Å². The minimum absolute atomic E-state index is 0.0232. The fourth-order valence-corrected chi connectivity index (χ4v) is 2.87. The van der Waals surface area contributed by atoms with Crippen LogP contribution in [0.3, 0.4) is 0 Å². The average molecular weight is 260 g/mol. The van der Waals surface area contributed by atoms with Crippen LogP contribution in [0.25, 0.3) is 0 Å². The molecule has 3 nitrogen and oxygen atoms in total. The molecule has 3 heteroatoms. The summed E-state index contributed by atoms with van der Waals surface area (Å²) in [6.07, 6.45) is 6.45. The molecule has 0 saturated heterocycles. The van der Waals surface area contributed by atoms with Crippen molar-refractivity contribution >= 4 is 17.2 Å². The van der Waals surface area contributed by atoms with Gasteiger partial charge in [-0.3, -0.25) is 4.79 Å².